The number of aryl methyl sites for hydroxylation is 1. The van der Waals surface area contributed by atoms with Gasteiger partial charge in [-0.05, 0) is 19.5 Å². The van der Waals surface area contributed by atoms with Crippen LogP contribution in [0, 0.1) is 6.92 Å². The molecule has 0 spiro atoms. The highest BCUT2D eigenvalue weighted by Crippen LogP contribution is 2.22. The molecule has 0 saturated carbocycles. The van der Waals surface area contributed by atoms with Gasteiger partial charge in [-0.3, -0.25) is 0 Å². The Balaban J connectivity index is 2.98. The molecule has 2 atom stereocenters. The van der Waals surface area contributed by atoms with Crippen molar-refractivity contribution >= 4 is 17.3 Å². The van der Waals surface area contributed by atoms with Crippen LogP contribution in [-0.2, 0) is 15.8 Å². The van der Waals surface area contributed by atoms with E-state index in [1.165, 1.54) is 0 Å². The summed E-state index contributed by atoms with van der Waals surface area (Å²) >= 11 is 0. The van der Waals surface area contributed by atoms with E-state index in [0.29, 0.717) is 0 Å². The molecular formula is C11H15NO2S. The molecular weight excluding hydrogens is 210 g/mol. The van der Waals surface area contributed by atoms with Gasteiger partial charge in [-0.15, -0.1) is 0 Å². The van der Waals surface area contributed by atoms with Crippen LogP contribution < -0.4 is 4.72 Å². The van der Waals surface area contributed by atoms with Crippen molar-refractivity contribution in [1.82, 2.24) is 4.72 Å². The van der Waals surface area contributed by atoms with Gasteiger partial charge in [-0.25, -0.2) is 8.93 Å². The molecule has 3 nitrogen and oxygen atoms in total. The Morgan fingerprint density at radius 2 is 2.27 bits per heavy atom. The lowest BCUT2D eigenvalue weighted by atomic mass is 10.1. The Labute approximate surface area is 92.5 Å². The quantitative estimate of drug-likeness (QED) is 0.772. The molecule has 4 heteroatoms. The fourth-order valence-electron chi connectivity index (χ4n) is 1.45. The minimum atomic E-state index is -1.21. The lowest BCUT2D eigenvalue weighted by Crippen LogP contribution is -2.19. The van der Waals surface area contributed by atoms with Crippen LogP contribution in [0.15, 0.2) is 24.3 Å². The minimum Gasteiger partial charge on any atom is -0.303 e. The third kappa shape index (κ3) is 3.25. The van der Waals surface area contributed by atoms with E-state index in [1.54, 1.807) is 7.05 Å². The first-order valence-electron chi connectivity index (χ1n) is 4.77. The van der Waals surface area contributed by atoms with E-state index in [9.17, 15) is 9.00 Å². The molecule has 1 aromatic carbocycles. The van der Waals surface area contributed by atoms with Crippen molar-refractivity contribution in [3.63, 3.8) is 0 Å². The molecule has 0 radical (unpaired) electrons. The molecule has 0 aliphatic carbocycles. The second-order valence-electron chi connectivity index (χ2n) is 3.31. The van der Waals surface area contributed by atoms with Crippen LogP contribution in [0.3, 0.4) is 0 Å². The third-order valence-corrected chi connectivity index (χ3v) is 3.57. The Hall–Kier alpha value is -1.00. The van der Waals surface area contributed by atoms with E-state index in [4.69, 9.17) is 0 Å². The molecule has 0 amide bonds. The summed E-state index contributed by atoms with van der Waals surface area (Å²) in [5.41, 5.74) is 2.05. The van der Waals surface area contributed by atoms with Gasteiger partial charge in [0.25, 0.3) is 0 Å². The van der Waals surface area contributed by atoms with Gasteiger partial charge in [0.15, 0.2) is 0 Å². The van der Waals surface area contributed by atoms with Gasteiger partial charge < -0.3 is 4.79 Å². The van der Waals surface area contributed by atoms with Crippen molar-refractivity contribution < 1.29 is 9.00 Å². The Kier molecular flexibility index (Phi) is 4.65. The molecule has 2 unspecified atom stereocenters. The molecule has 0 heterocycles. The molecule has 1 N–H and O–H groups in total. The SMILES string of the molecule is CNS(=O)C(CC=O)c1cccc(C)c1. The smallest absolute Gasteiger partial charge is 0.121 e. The van der Waals surface area contributed by atoms with Crippen LogP contribution in [0.2, 0.25) is 0 Å². The van der Waals surface area contributed by atoms with E-state index >= 15 is 0 Å². The zero-order valence-corrected chi connectivity index (χ0v) is 9.71. The molecule has 0 aliphatic heterocycles. The maximum Gasteiger partial charge on any atom is 0.121 e. The second-order valence-corrected chi connectivity index (χ2v) is 4.88. The molecule has 15 heavy (non-hydrogen) atoms. The van der Waals surface area contributed by atoms with E-state index in [0.717, 1.165) is 17.4 Å². The first kappa shape index (κ1) is 12.1. The van der Waals surface area contributed by atoms with Crippen molar-refractivity contribution in [3.05, 3.63) is 35.4 Å². The average molecular weight is 225 g/mol. The topological polar surface area (TPSA) is 46.2 Å². The average Bonchev–Trinajstić information content (AvgIpc) is 2.25. The fourth-order valence-corrected chi connectivity index (χ4v) is 2.38. The molecule has 0 aliphatic rings. The van der Waals surface area contributed by atoms with Gasteiger partial charge in [-0.1, -0.05) is 29.8 Å². The zero-order valence-electron chi connectivity index (χ0n) is 8.90. The lowest BCUT2D eigenvalue weighted by molar-refractivity contribution is -0.107. The van der Waals surface area contributed by atoms with Gasteiger partial charge in [0.2, 0.25) is 0 Å². The third-order valence-electron chi connectivity index (χ3n) is 2.18. The van der Waals surface area contributed by atoms with Gasteiger partial charge in [0.05, 0.1) is 16.2 Å². The highest BCUT2D eigenvalue weighted by Gasteiger charge is 2.17. The Morgan fingerprint density at radius 3 is 2.80 bits per heavy atom. The predicted octanol–water partition coefficient (Wildman–Crippen LogP) is 1.51. The van der Waals surface area contributed by atoms with Crippen molar-refractivity contribution in [2.75, 3.05) is 7.05 Å². The summed E-state index contributed by atoms with van der Waals surface area (Å²) in [6.07, 6.45) is 1.08. The minimum absolute atomic E-state index is 0.257. The number of carbonyl (C=O) groups is 1. The highest BCUT2D eigenvalue weighted by atomic mass is 32.2. The first-order valence-corrected chi connectivity index (χ1v) is 5.98. The number of carbonyl (C=O) groups excluding carboxylic acids is 1. The van der Waals surface area contributed by atoms with E-state index in [2.05, 4.69) is 4.72 Å². The largest absolute Gasteiger partial charge is 0.303 e. The first-order chi connectivity index (χ1) is 7.19. The fraction of sp³-hybridized carbons (Fsp3) is 0.364. The van der Waals surface area contributed by atoms with Gasteiger partial charge in [0, 0.05) is 6.42 Å². The molecule has 82 valence electrons. The van der Waals surface area contributed by atoms with Crippen LogP contribution in [0.4, 0.5) is 0 Å². The monoisotopic (exact) mass is 225 g/mol. The van der Waals surface area contributed by atoms with Crippen molar-refractivity contribution in [3.8, 4) is 0 Å². The summed E-state index contributed by atoms with van der Waals surface area (Å²) in [5.74, 6) is 0. The number of rotatable bonds is 5. The van der Waals surface area contributed by atoms with Crippen LogP contribution >= 0.6 is 0 Å². The molecule has 0 bridgehead atoms. The summed E-state index contributed by atoms with van der Waals surface area (Å²) in [6, 6.07) is 7.75. The van der Waals surface area contributed by atoms with Gasteiger partial charge >= 0.3 is 0 Å². The number of aldehydes is 1. The summed E-state index contributed by atoms with van der Waals surface area (Å²) in [4.78, 5) is 10.5. The number of benzene rings is 1. The van der Waals surface area contributed by atoms with Crippen LogP contribution in [-0.4, -0.2) is 17.5 Å². The molecule has 0 aromatic heterocycles. The Bertz CT molecular complexity index is 365. The number of nitrogens with one attached hydrogen (secondary N) is 1. The van der Waals surface area contributed by atoms with Gasteiger partial charge in [-0.2, -0.15) is 0 Å². The van der Waals surface area contributed by atoms with Gasteiger partial charge in [0.1, 0.15) is 6.29 Å². The van der Waals surface area contributed by atoms with Crippen LogP contribution in [0.25, 0.3) is 0 Å². The summed E-state index contributed by atoms with van der Waals surface area (Å²) < 4.78 is 14.3. The van der Waals surface area contributed by atoms with Crippen molar-refractivity contribution in [2.45, 2.75) is 18.6 Å². The second kappa shape index (κ2) is 5.78. The van der Waals surface area contributed by atoms with E-state index < -0.39 is 11.0 Å². The molecule has 0 fully saturated rings. The maximum absolute atomic E-state index is 11.7. The normalized spacial score (nSPS) is 14.5. The zero-order chi connectivity index (χ0) is 11.3. The maximum atomic E-state index is 11.7. The summed E-state index contributed by atoms with van der Waals surface area (Å²) in [7, 11) is 0.424. The lowest BCUT2D eigenvalue weighted by Gasteiger charge is -2.13. The molecule has 1 aromatic rings. The number of hydrogen-bond acceptors (Lipinski definition) is 2. The molecule has 0 saturated heterocycles. The van der Waals surface area contributed by atoms with Crippen LogP contribution in [0.5, 0.6) is 0 Å². The van der Waals surface area contributed by atoms with Crippen LogP contribution in [0.1, 0.15) is 22.8 Å². The highest BCUT2D eigenvalue weighted by molar-refractivity contribution is 7.83. The number of hydrogen-bond donors (Lipinski definition) is 1. The Morgan fingerprint density at radius 1 is 1.53 bits per heavy atom. The standard InChI is InChI=1S/C11H15NO2S/c1-9-4-3-5-10(8-9)11(6-7-13)15(14)12-2/h3-5,7-8,11-12H,6H2,1-2H3. The summed E-state index contributed by atoms with van der Waals surface area (Å²) in [6.45, 7) is 1.98. The van der Waals surface area contributed by atoms with E-state index in [-0.39, 0.29) is 11.7 Å². The van der Waals surface area contributed by atoms with Crippen molar-refractivity contribution in [2.24, 2.45) is 0 Å². The molecule has 1 rings (SSSR count). The van der Waals surface area contributed by atoms with E-state index in [1.807, 2.05) is 31.2 Å². The van der Waals surface area contributed by atoms with Crippen molar-refractivity contribution in [1.29, 1.82) is 0 Å². The summed E-state index contributed by atoms with van der Waals surface area (Å²) in [5, 5.41) is -0.257. The predicted molar refractivity (Wildman–Crippen MR) is 61.8 cm³/mol.